The van der Waals surface area contributed by atoms with E-state index in [-0.39, 0.29) is 17.5 Å². The van der Waals surface area contributed by atoms with Gasteiger partial charge in [0.15, 0.2) is 0 Å². The molecule has 2 heterocycles. The van der Waals surface area contributed by atoms with Crippen molar-refractivity contribution in [2.45, 2.75) is 51.1 Å². The van der Waals surface area contributed by atoms with Crippen molar-refractivity contribution < 1.29 is 4.79 Å². The van der Waals surface area contributed by atoms with Crippen molar-refractivity contribution in [3.05, 3.63) is 70.2 Å². The summed E-state index contributed by atoms with van der Waals surface area (Å²) in [6.45, 7) is 10.8. The summed E-state index contributed by atoms with van der Waals surface area (Å²) in [5.74, 6) is 0.223. The highest BCUT2D eigenvalue weighted by atomic mass is 35.5. The van der Waals surface area contributed by atoms with Crippen molar-refractivity contribution in [1.82, 2.24) is 20.0 Å². The first kappa shape index (κ1) is 26.2. The number of carbonyl (C=O) groups is 1. The Bertz CT molecular complexity index is 967. The molecule has 1 amide bonds. The van der Waals surface area contributed by atoms with Gasteiger partial charge in [-0.1, -0.05) is 61.8 Å². The number of carbonyl (C=O) groups excluding carboxylic acids is 1. The minimum absolute atomic E-state index is 0.0491. The molecule has 2 aromatic rings. The second kappa shape index (κ2) is 11.9. The van der Waals surface area contributed by atoms with Gasteiger partial charge in [-0.3, -0.25) is 9.69 Å². The van der Waals surface area contributed by atoms with Crippen LogP contribution in [0, 0.1) is 0 Å². The zero-order valence-electron chi connectivity index (χ0n) is 21.6. The minimum atomic E-state index is -0.225. The lowest BCUT2D eigenvalue weighted by atomic mass is 9.74. The molecule has 0 radical (unpaired) electrons. The molecule has 4 rings (SSSR count). The van der Waals surface area contributed by atoms with E-state index in [4.69, 9.17) is 11.6 Å². The number of fused-ring (bicyclic) bond motifs is 2. The van der Waals surface area contributed by atoms with E-state index in [1.54, 1.807) is 0 Å². The van der Waals surface area contributed by atoms with Crippen LogP contribution in [0.5, 0.6) is 0 Å². The SMILES string of the molecule is CCN(CC)CCN[C@H](Cc1ccc(Cl)cc1)C(=O)N1CCC2(CC1)c1ccccc1CCN2C. The normalized spacial score (nSPS) is 18.6. The van der Waals surface area contributed by atoms with Crippen LogP contribution < -0.4 is 5.32 Å². The van der Waals surface area contributed by atoms with Crippen LogP contribution in [0.4, 0.5) is 0 Å². The molecule has 2 aliphatic heterocycles. The van der Waals surface area contributed by atoms with Gasteiger partial charge >= 0.3 is 0 Å². The maximum atomic E-state index is 13.8. The zero-order valence-corrected chi connectivity index (χ0v) is 22.4. The summed E-state index contributed by atoms with van der Waals surface area (Å²) in [4.78, 5) is 20.8. The molecule has 35 heavy (non-hydrogen) atoms. The van der Waals surface area contributed by atoms with Crippen molar-refractivity contribution in [1.29, 1.82) is 0 Å². The fraction of sp³-hybridized carbons (Fsp3) is 0.552. The van der Waals surface area contributed by atoms with Crippen molar-refractivity contribution in [3.63, 3.8) is 0 Å². The summed E-state index contributed by atoms with van der Waals surface area (Å²) in [5.41, 5.74) is 4.13. The summed E-state index contributed by atoms with van der Waals surface area (Å²) in [6.07, 6.45) is 3.76. The largest absolute Gasteiger partial charge is 0.341 e. The molecule has 0 aliphatic carbocycles. The van der Waals surface area contributed by atoms with Crippen LogP contribution in [0.15, 0.2) is 48.5 Å². The average Bonchev–Trinajstić information content (AvgIpc) is 2.89. The monoisotopic (exact) mass is 496 g/mol. The van der Waals surface area contributed by atoms with Crippen molar-refractivity contribution >= 4 is 17.5 Å². The fourth-order valence-corrected chi connectivity index (χ4v) is 6.03. The Hall–Kier alpha value is -1.92. The van der Waals surface area contributed by atoms with Crippen molar-refractivity contribution in [2.24, 2.45) is 0 Å². The van der Waals surface area contributed by atoms with Crippen LogP contribution in [0.3, 0.4) is 0 Å². The number of likely N-dealkylation sites (tertiary alicyclic amines) is 1. The number of hydrogen-bond donors (Lipinski definition) is 1. The van der Waals surface area contributed by atoms with Gasteiger partial charge in [0.25, 0.3) is 0 Å². The van der Waals surface area contributed by atoms with E-state index in [2.05, 4.69) is 65.2 Å². The molecule has 0 unspecified atom stereocenters. The van der Waals surface area contributed by atoms with Crippen LogP contribution in [-0.4, -0.2) is 79.5 Å². The van der Waals surface area contributed by atoms with E-state index in [0.29, 0.717) is 6.42 Å². The molecule has 2 aromatic carbocycles. The van der Waals surface area contributed by atoms with Crippen LogP contribution in [0.2, 0.25) is 5.02 Å². The van der Waals surface area contributed by atoms with Crippen LogP contribution in [0.1, 0.15) is 43.4 Å². The minimum Gasteiger partial charge on any atom is -0.341 e. The Kier molecular flexibility index (Phi) is 8.87. The first-order valence-corrected chi connectivity index (χ1v) is 13.6. The predicted octanol–water partition coefficient (Wildman–Crippen LogP) is 4.19. The van der Waals surface area contributed by atoms with E-state index < -0.39 is 0 Å². The van der Waals surface area contributed by atoms with Gasteiger partial charge in [-0.05, 0) is 74.6 Å². The number of piperidine rings is 1. The third-order valence-electron chi connectivity index (χ3n) is 8.23. The lowest BCUT2D eigenvalue weighted by Gasteiger charge is -2.51. The number of rotatable bonds is 9. The van der Waals surface area contributed by atoms with Gasteiger partial charge in [0, 0.05) is 43.3 Å². The number of nitrogens with zero attached hydrogens (tertiary/aromatic N) is 3. The van der Waals surface area contributed by atoms with E-state index in [1.165, 1.54) is 11.1 Å². The smallest absolute Gasteiger partial charge is 0.240 e. The molecule has 1 fully saturated rings. The number of nitrogens with one attached hydrogen (secondary N) is 1. The Morgan fingerprint density at radius 3 is 2.43 bits per heavy atom. The summed E-state index contributed by atoms with van der Waals surface area (Å²) < 4.78 is 0. The maximum Gasteiger partial charge on any atom is 0.240 e. The van der Waals surface area contributed by atoms with Crippen molar-refractivity contribution in [2.75, 3.05) is 52.9 Å². The first-order valence-electron chi connectivity index (χ1n) is 13.3. The van der Waals surface area contributed by atoms with Gasteiger partial charge < -0.3 is 15.1 Å². The number of amides is 1. The van der Waals surface area contributed by atoms with Gasteiger partial charge in [0.2, 0.25) is 5.91 Å². The Morgan fingerprint density at radius 2 is 1.74 bits per heavy atom. The second-order valence-corrected chi connectivity index (χ2v) is 10.5. The van der Waals surface area contributed by atoms with Gasteiger partial charge in [-0.2, -0.15) is 0 Å². The third kappa shape index (κ3) is 5.91. The summed E-state index contributed by atoms with van der Waals surface area (Å²) >= 11 is 6.10. The van der Waals surface area contributed by atoms with Crippen LogP contribution in [0.25, 0.3) is 0 Å². The molecular weight excluding hydrogens is 456 g/mol. The quantitative estimate of drug-likeness (QED) is 0.565. The van der Waals surface area contributed by atoms with Gasteiger partial charge in [0.05, 0.1) is 6.04 Å². The van der Waals surface area contributed by atoms with Gasteiger partial charge in [-0.15, -0.1) is 0 Å². The predicted molar refractivity (Wildman–Crippen MR) is 145 cm³/mol. The van der Waals surface area contributed by atoms with Gasteiger partial charge in [0.1, 0.15) is 0 Å². The molecule has 6 heteroatoms. The number of halogens is 1. The average molecular weight is 497 g/mol. The highest BCUT2D eigenvalue weighted by Crippen LogP contribution is 2.42. The number of benzene rings is 2. The Balaban J connectivity index is 1.45. The van der Waals surface area contributed by atoms with E-state index in [1.807, 2.05) is 24.3 Å². The zero-order chi connectivity index (χ0) is 24.8. The fourth-order valence-electron chi connectivity index (χ4n) is 5.91. The highest BCUT2D eigenvalue weighted by molar-refractivity contribution is 6.30. The van der Waals surface area contributed by atoms with Crippen LogP contribution in [-0.2, 0) is 23.2 Å². The van der Waals surface area contributed by atoms with Crippen LogP contribution >= 0.6 is 11.6 Å². The molecule has 2 aliphatic rings. The molecule has 1 saturated heterocycles. The van der Waals surface area contributed by atoms with E-state index in [0.717, 1.165) is 75.7 Å². The first-order chi connectivity index (χ1) is 17.0. The summed E-state index contributed by atoms with van der Waals surface area (Å²) in [6, 6.07) is 16.6. The lowest BCUT2D eigenvalue weighted by Crippen LogP contribution is -2.58. The standard InChI is InChI=1S/C29H41ClN4O/c1-4-33(5-2)21-17-31-27(22-23-10-12-25(30)13-11-23)28(35)34-19-15-29(16-20-34)26-9-7-6-8-24(26)14-18-32(29)3/h6-13,27,31H,4-5,14-22H2,1-3H3/t27-/m1/s1. The molecule has 5 nitrogen and oxygen atoms in total. The third-order valence-corrected chi connectivity index (χ3v) is 8.48. The summed E-state index contributed by atoms with van der Waals surface area (Å²) in [5, 5.41) is 4.32. The molecule has 0 saturated carbocycles. The molecule has 0 bridgehead atoms. The lowest BCUT2D eigenvalue weighted by molar-refractivity contribution is -0.136. The topological polar surface area (TPSA) is 38.8 Å². The molecular formula is C29H41ClN4O. The Labute approximate surface area is 216 Å². The molecule has 1 N–H and O–H groups in total. The number of hydrogen-bond acceptors (Lipinski definition) is 4. The maximum absolute atomic E-state index is 13.8. The molecule has 0 aromatic heterocycles. The summed E-state index contributed by atoms with van der Waals surface area (Å²) in [7, 11) is 2.26. The van der Waals surface area contributed by atoms with E-state index >= 15 is 0 Å². The van der Waals surface area contributed by atoms with Crippen molar-refractivity contribution in [3.8, 4) is 0 Å². The molecule has 1 atom stereocenters. The molecule has 1 spiro atoms. The number of likely N-dealkylation sites (N-methyl/N-ethyl adjacent to an activating group) is 2. The van der Waals surface area contributed by atoms with E-state index in [9.17, 15) is 4.79 Å². The highest BCUT2D eigenvalue weighted by Gasteiger charge is 2.44. The van der Waals surface area contributed by atoms with Gasteiger partial charge in [-0.25, -0.2) is 0 Å². The Morgan fingerprint density at radius 1 is 1.06 bits per heavy atom. The second-order valence-electron chi connectivity index (χ2n) is 10.0. The molecule has 190 valence electrons.